The number of carbonyl (C=O) groups excluding carboxylic acids is 2. The maximum Gasteiger partial charge on any atom is 0.418 e. The molecule has 1 aromatic carbocycles. The number of hydrogen-bond donors (Lipinski definition) is 1. The summed E-state index contributed by atoms with van der Waals surface area (Å²) in [5.74, 6) is -0.986. The highest BCUT2D eigenvalue weighted by Crippen LogP contribution is 2.49. The first-order valence-corrected chi connectivity index (χ1v) is 8.67. The second-order valence-corrected chi connectivity index (χ2v) is 7.26. The summed E-state index contributed by atoms with van der Waals surface area (Å²) < 4.78 is 39.6. The number of piperazine rings is 1. The van der Waals surface area contributed by atoms with Crippen molar-refractivity contribution in [1.82, 2.24) is 9.80 Å². The lowest BCUT2D eigenvalue weighted by atomic mass is 10.0. The minimum absolute atomic E-state index is 0.0787. The highest BCUT2D eigenvalue weighted by atomic mass is 35.5. The average Bonchev–Trinajstić information content (AvgIpc) is 3.37. The summed E-state index contributed by atoms with van der Waals surface area (Å²) in [6.45, 7) is 2.44. The van der Waals surface area contributed by atoms with E-state index < -0.39 is 23.1 Å². The number of carbonyl (C=O) groups is 2. The number of nitrogens with zero attached hydrogens (tertiary/aromatic N) is 2. The molecule has 0 radical (unpaired) electrons. The Bertz CT molecular complexity index is 726. The Morgan fingerprint density at radius 1 is 1.15 bits per heavy atom. The topological polar surface area (TPSA) is 52.7 Å². The Hall–Kier alpha value is -1.80. The van der Waals surface area contributed by atoms with E-state index in [4.69, 9.17) is 11.6 Å². The molecule has 9 heteroatoms. The normalized spacial score (nSPS) is 20.0. The van der Waals surface area contributed by atoms with Crippen LogP contribution in [0.25, 0.3) is 0 Å². The molecule has 0 aromatic heterocycles. The van der Waals surface area contributed by atoms with E-state index in [0.717, 1.165) is 12.1 Å². The van der Waals surface area contributed by atoms with Gasteiger partial charge in [-0.1, -0.05) is 11.6 Å². The molecule has 0 bridgehead atoms. The fourth-order valence-electron chi connectivity index (χ4n) is 3.08. The first kappa shape index (κ1) is 19.0. The van der Waals surface area contributed by atoms with Crippen molar-refractivity contribution in [3.8, 4) is 0 Å². The summed E-state index contributed by atoms with van der Waals surface area (Å²) in [5.41, 5.74) is -2.66. The molecule has 0 spiro atoms. The molecule has 26 heavy (non-hydrogen) atoms. The van der Waals surface area contributed by atoms with Crippen LogP contribution in [0.15, 0.2) is 18.2 Å². The van der Waals surface area contributed by atoms with E-state index in [2.05, 4.69) is 10.2 Å². The molecule has 142 valence electrons. The zero-order chi connectivity index (χ0) is 19.1. The first-order valence-electron chi connectivity index (χ1n) is 8.30. The van der Waals surface area contributed by atoms with Crippen LogP contribution >= 0.6 is 11.6 Å². The summed E-state index contributed by atoms with van der Waals surface area (Å²) in [7, 11) is 1.95. The van der Waals surface area contributed by atoms with Gasteiger partial charge in [0.15, 0.2) is 0 Å². The van der Waals surface area contributed by atoms with Crippen molar-refractivity contribution in [1.29, 1.82) is 0 Å². The van der Waals surface area contributed by atoms with Crippen LogP contribution in [0.2, 0.25) is 5.02 Å². The third-order valence-corrected chi connectivity index (χ3v) is 5.15. The van der Waals surface area contributed by atoms with Gasteiger partial charge in [0.2, 0.25) is 11.8 Å². The Labute approximate surface area is 154 Å². The van der Waals surface area contributed by atoms with E-state index in [1.165, 1.54) is 6.07 Å². The van der Waals surface area contributed by atoms with E-state index in [1.54, 1.807) is 4.90 Å². The van der Waals surface area contributed by atoms with Crippen molar-refractivity contribution in [2.75, 3.05) is 38.5 Å². The molecule has 3 rings (SSSR count). The monoisotopic (exact) mass is 389 g/mol. The maximum absolute atomic E-state index is 13.2. The van der Waals surface area contributed by atoms with Crippen LogP contribution in [0.3, 0.4) is 0 Å². The smallest absolute Gasteiger partial charge is 0.339 e. The molecule has 0 unspecified atom stereocenters. The second kappa shape index (κ2) is 6.74. The number of nitrogens with one attached hydrogen (secondary N) is 1. The van der Waals surface area contributed by atoms with E-state index >= 15 is 0 Å². The predicted octanol–water partition coefficient (Wildman–Crippen LogP) is 2.85. The lowest BCUT2D eigenvalue weighted by Crippen LogP contribution is -2.51. The molecule has 1 saturated carbocycles. The lowest BCUT2D eigenvalue weighted by Gasteiger charge is -2.34. The summed E-state index contributed by atoms with van der Waals surface area (Å²) in [6, 6.07) is 3.15. The quantitative estimate of drug-likeness (QED) is 0.809. The molecule has 1 heterocycles. The summed E-state index contributed by atoms with van der Waals surface area (Å²) >= 11 is 5.65. The van der Waals surface area contributed by atoms with Crippen LogP contribution in [0.5, 0.6) is 0 Å². The Morgan fingerprint density at radius 2 is 1.77 bits per heavy atom. The molecule has 1 saturated heterocycles. The Balaban J connectivity index is 1.77. The highest BCUT2D eigenvalue weighted by Gasteiger charge is 2.58. The van der Waals surface area contributed by atoms with Crippen LogP contribution in [-0.2, 0) is 15.8 Å². The molecule has 2 amide bonds. The van der Waals surface area contributed by atoms with Gasteiger partial charge in [-0.3, -0.25) is 9.59 Å². The summed E-state index contributed by atoms with van der Waals surface area (Å²) in [6.07, 6.45) is -3.97. The van der Waals surface area contributed by atoms with E-state index in [0.29, 0.717) is 39.0 Å². The maximum atomic E-state index is 13.2. The van der Waals surface area contributed by atoms with Crippen molar-refractivity contribution in [3.05, 3.63) is 28.8 Å². The van der Waals surface area contributed by atoms with Crippen LogP contribution in [-0.4, -0.2) is 54.8 Å². The van der Waals surface area contributed by atoms with Gasteiger partial charge >= 0.3 is 6.18 Å². The van der Waals surface area contributed by atoms with Gasteiger partial charge in [-0.25, -0.2) is 0 Å². The SMILES string of the molecule is CN1CCN(C(=O)C2(C(=O)Nc3ccc(Cl)cc3C(F)(F)F)CC2)CC1. The van der Waals surface area contributed by atoms with Crippen LogP contribution < -0.4 is 5.32 Å². The molecule has 1 aliphatic heterocycles. The van der Waals surface area contributed by atoms with Crippen molar-refractivity contribution in [2.24, 2.45) is 5.41 Å². The minimum atomic E-state index is -4.66. The third-order valence-electron chi connectivity index (χ3n) is 4.92. The van der Waals surface area contributed by atoms with Crippen LogP contribution in [0, 0.1) is 5.41 Å². The van der Waals surface area contributed by atoms with Crippen molar-refractivity contribution >= 4 is 29.1 Å². The van der Waals surface area contributed by atoms with Gasteiger partial charge in [0.25, 0.3) is 0 Å². The van der Waals surface area contributed by atoms with Crippen molar-refractivity contribution in [2.45, 2.75) is 19.0 Å². The molecule has 2 aliphatic rings. The number of rotatable bonds is 3. The van der Waals surface area contributed by atoms with Crippen LogP contribution in [0.4, 0.5) is 18.9 Å². The fraction of sp³-hybridized carbons (Fsp3) is 0.529. The van der Waals surface area contributed by atoms with Crippen LogP contribution in [0.1, 0.15) is 18.4 Å². The van der Waals surface area contributed by atoms with Gasteiger partial charge in [-0.2, -0.15) is 13.2 Å². The summed E-state index contributed by atoms with van der Waals surface area (Å²) in [4.78, 5) is 29.1. The van der Waals surface area contributed by atoms with E-state index in [9.17, 15) is 22.8 Å². The zero-order valence-electron chi connectivity index (χ0n) is 14.2. The molecule has 1 aromatic rings. The van der Waals surface area contributed by atoms with Gasteiger partial charge in [0, 0.05) is 31.2 Å². The Kier molecular flexibility index (Phi) is 4.92. The molecule has 1 N–H and O–H groups in total. The average molecular weight is 390 g/mol. The van der Waals surface area contributed by atoms with Gasteiger partial charge in [0.05, 0.1) is 11.3 Å². The number of amides is 2. The van der Waals surface area contributed by atoms with Gasteiger partial charge < -0.3 is 15.1 Å². The second-order valence-electron chi connectivity index (χ2n) is 6.82. The molecular formula is C17H19ClF3N3O2. The fourth-order valence-corrected chi connectivity index (χ4v) is 3.25. The summed E-state index contributed by atoms with van der Waals surface area (Å²) in [5, 5.41) is 2.22. The third kappa shape index (κ3) is 3.66. The molecule has 1 aliphatic carbocycles. The standard InChI is InChI=1S/C17H19ClF3N3O2/c1-23-6-8-24(9-7-23)15(26)16(4-5-16)14(25)22-13-3-2-11(18)10-12(13)17(19,20)21/h2-3,10H,4-9H2,1H3,(H,22,25). The largest absolute Gasteiger partial charge is 0.418 e. The van der Waals surface area contributed by atoms with E-state index in [-0.39, 0.29) is 16.6 Å². The highest BCUT2D eigenvalue weighted by molar-refractivity contribution is 6.30. The van der Waals surface area contributed by atoms with Crippen molar-refractivity contribution < 1.29 is 22.8 Å². The lowest BCUT2D eigenvalue weighted by molar-refractivity contribution is -0.143. The minimum Gasteiger partial charge on any atom is -0.339 e. The number of anilines is 1. The number of likely N-dealkylation sites (N-methyl/N-ethyl adjacent to an activating group) is 1. The van der Waals surface area contributed by atoms with E-state index in [1.807, 2.05) is 7.05 Å². The van der Waals surface area contributed by atoms with Gasteiger partial charge in [-0.05, 0) is 38.1 Å². The molecular weight excluding hydrogens is 371 g/mol. The van der Waals surface area contributed by atoms with Gasteiger partial charge in [0.1, 0.15) is 5.41 Å². The number of alkyl halides is 3. The molecule has 0 atom stereocenters. The van der Waals surface area contributed by atoms with Gasteiger partial charge in [-0.15, -0.1) is 0 Å². The number of hydrogen-bond acceptors (Lipinski definition) is 3. The van der Waals surface area contributed by atoms with Crippen molar-refractivity contribution in [3.63, 3.8) is 0 Å². The number of benzene rings is 1. The molecule has 2 fully saturated rings. The predicted molar refractivity (Wildman–Crippen MR) is 90.8 cm³/mol. The Morgan fingerprint density at radius 3 is 2.31 bits per heavy atom. The zero-order valence-corrected chi connectivity index (χ0v) is 15.0. The first-order chi connectivity index (χ1) is 12.1. The number of halogens is 4. The molecule has 5 nitrogen and oxygen atoms in total.